The molecule has 0 spiro atoms. The first kappa shape index (κ1) is 17.0. The van der Waals surface area contributed by atoms with Gasteiger partial charge in [0.05, 0.1) is 25.6 Å². The van der Waals surface area contributed by atoms with E-state index in [4.69, 9.17) is 4.74 Å². The Hall–Kier alpha value is 0.630. The van der Waals surface area contributed by atoms with Gasteiger partial charge in [0.25, 0.3) is 0 Å². The molecule has 2 nitrogen and oxygen atoms in total. The summed E-state index contributed by atoms with van der Waals surface area (Å²) >= 11 is 0. The molecule has 0 rings (SSSR count). The highest BCUT2D eigenvalue weighted by Gasteiger charge is 2.39. The molecule has 0 aromatic rings. The monoisotopic (exact) mass is 332 g/mol. The summed E-state index contributed by atoms with van der Waals surface area (Å²) in [5.74, 6) is 0.436. The second-order valence-corrected chi connectivity index (χ2v) is 8.42. The maximum absolute atomic E-state index is 11.7. The average molecular weight is 332 g/mol. The summed E-state index contributed by atoms with van der Waals surface area (Å²) in [5, 5.41) is 0. The molecule has 0 saturated carbocycles. The number of rotatable bonds is 5. The number of carbonyl (C=O) groups excluding carboxylic acids is 1. The summed E-state index contributed by atoms with van der Waals surface area (Å²) in [6.45, 7) is 10.9. The summed E-state index contributed by atoms with van der Waals surface area (Å²) in [5.41, 5.74) is 0.0613. The van der Waals surface area contributed by atoms with Gasteiger partial charge in [-0.15, -0.1) is 0 Å². The third kappa shape index (κ3) is 5.50. The highest BCUT2D eigenvalue weighted by Crippen LogP contribution is 2.55. The highest BCUT2D eigenvalue weighted by molar-refractivity contribution is 7.89. The number of carbonyl (C=O) groups is 1. The molecular formula is C10H22IO2P. The maximum Gasteiger partial charge on any atom is 0.450 e. The second kappa shape index (κ2) is 7.86. The molecule has 0 aliphatic rings. The van der Waals surface area contributed by atoms with Crippen molar-refractivity contribution in [3.8, 4) is 0 Å². The Morgan fingerprint density at radius 3 is 2.00 bits per heavy atom. The van der Waals surface area contributed by atoms with E-state index < -0.39 is 7.26 Å². The minimum atomic E-state index is -1.44. The molecule has 0 unspecified atom stereocenters. The van der Waals surface area contributed by atoms with Gasteiger partial charge in [-0.05, 0) is 19.8 Å². The van der Waals surface area contributed by atoms with Gasteiger partial charge in [0.15, 0.2) is 0 Å². The zero-order chi connectivity index (χ0) is 10.5. The molecule has 0 radical (unpaired) electrons. The van der Waals surface area contributed by atoms with Crippen LogP contribution >= 0.6 is 7.26 Å². The third-order valence-electron chi connectivity index (χ3n) is 2.38. The van der Waals surface area contributed by atoms with E-state index >= 15 is 0 Å². The standard InChI is InChI=1S/C10H22O2P.HI/c1-6-13(5,7-2)10(11)12-8-9(3)4;/h9H,6-8H2,1-5H3;1H/q+1;/p-1. The fourth-order valence-electron chi connectivity index (χ4n) is 0.876. The highest BCUT2D eigenvalue weighted by atomic mass is 127. The van der Waals surface area contributed by atoms with Crippen LogP contribution in [0.15, 0.2) is 0 Å². The zero-order valence-corrected chi connectivity index (χ0v) is 12.9. The Bertz CT molecular complexity index is 168. The van der Waals surface area contributed by atoms with Crippen molar-refractivity contribution in [2.45, 2.75) is 27.7 Å². The number of hydrogen-bond donors (Lipinski definition) is 0. The topological polar surface area (TPSA) is 26.3 Å². The lowest BCUT2D eigenvalue weighted by atomic mass is 10.2. The van der Waals surface area contributed by atoms with Gasteiger partial charge >= 0.3 is 5.71 Å². The minimum Gasteiger partial charge on any atom is -1.00 e. The van der Waals surface area contributed by atoms with Crippen molar-refractivity contribution in [2.75, 3.05) is 25.6 Å². The van der Waals surface area contributed by atoms with Gasteiger partial charge in [0.2, 0.25) is 0 Å². The first-order chi connectivity index (χ1) is 5.96. The molecule has 0 aliphatic carbocycles. The quantitative estimate of drug-likeness (QED) is 0.541. The summed E-state index contributed by atoms with van der Waals surface area (Å²) in [6.07, 6.45) is 1.92. The van der Waals surface area contributed by atoms with Crippen LogP contribution < -0.4 is 24.0 Å². The molecule has 0 fully saturated rings. The van der Waals surface area contributed by atoms with Crippen LogP contribution in [-0.4, -0.2) is 31.3 Å². The summed E-state index contributed by atoms with van der Waals surface area (Å²) in [7, 11) is -1.44. The fourth-order valence-corrected chi connectivity index (χ4v) is 2.23. The summed E-state index contributed by atoms with van der Waals surface area (Å²) in [6, 6.07) is 0. The van der Waals surface area contributed by atoms with E-state index in [9.17, 15) is 4.79 Å². The van der Waals surface area contributed by atoms with Crippen LogP contribution in [0.1, 0.15) is 27.7 Å². The van der Waals surface area contributed by atoms with Crippen LogP contribution in [0.2, 0.25) is 0 Å². The normalized spacial score (nSPS) is 11.0. The molecule has 86 valence electrons. The van der Waals surface area contributed by atoms with Gasteiger partial charge in [-0.1, -0.05) is 13.8 Å². The number of ether oxygens (including phenoxy) is 1. The van der Waals surface area contributed by atoms with E-state index in [1.807, 2.05) is 0 Å². The molecule has 0 atom stereocenters. The van der Waals surface area contributed by atoms with Crippen molar-refractivity contribution in [1.82, 2.24) is 0 Å². The lowest BCUT2D eigenvalue weighted by molar-refractivity contribution is -0.00000742. The van der Waals surface area contributed by atoms with Gasteiger partial charge < -0.3 is 28.7 Å². The summed E-state index contributed by atoms with van der Waals surface area (Å²) in [4.78, 5) is 11.7. The lowest BCUT2D eigenvalue weighted by Crippen LogP contribution is -3.00. The van der Waals surface area contributed by atoms with E-state index in [-0.39, 0.29) is 29.7 Å². The Kier molecular flexibility index (Phi) is 9.57. The molecule has 0 aromatic carbocycles. The molecule has 0 saturated heterocycles. The van der Waals surface area contributed by atoms with Crippen molar-refractivity contribution in [3.05, 3.63) is 0 Å². The van der Waals surface area contributed by atoms with Crippen molar-refractivity contribution >= 4 is 13.0 Å². The van der Waals surface area contributed by atoms with Crippen molar-refractivity contribution < 1.29 is 33.5 Å². The van der Waals surface area contributed by atoms with Crippen LogP contribution in [0.25, 0.3) is 0 Å². The lowest BCUT2D eigenvalue weighted by Gasteiger charge is -2.17. The SMILES string of the molecule is CC[P+](C)(CC)C(=O)OCC(C)C.[I-]. The van der Waals surface area contributed by atoms with E-state index in [0.29, 0.717) is 12.5 Å². The Labute approximate surface area is 106 Å². The number of halogens is 1. The molecule has 0 amide bonds. The number of hydrogen-bond acceptors (Lipinski definition) is 2. The van der Waals surface area contributed by atoms with E-state index in [2.05, 4.69) is 34.4 Å². The zero-order valence-electron chi connectivity index (χ0n) is 9.84. The van der Waals surface area contributed by atoms with Crippen molar-refractivity contribution in [2.24, 2.45) is 5.92 Å². The van der Waals surface area contributed by atoms with Gasteiger partial charge in [0.1, 0.15) is 7.26 Å². The van der Waals surface area contributed by atoms with Crippen LogP contribution in [0, 0.1) is 5.92 Å². The van der Waals surface area contributed by atoms with Crippen LogP contribution in [0.3, 0.4) is 0 Å². The van der Waals surface area contributed by atoms with Gasteiger partial charge in [-0.25, -0.2) is 4.79 Å². The predicted molar refractivity (Wildman–Crippen MR) is 60.1 cm³/mol. The molecule has 0 aromatic heterocycles. The smallest absolute Gasteiger partial charge is 0.450 e. The van der Waals surface area contributed by atoms with Crippen LogP contribution in [-0.2, 0) is 4.74 Å². The second-order valence-electron chi connectivity index (χ2n) is 4.00. The molecule has 14 heavy (non-hydrogen) atoms. The molecule has 0 aliphatic heterocycles. The predicted octanol–water partition coefficient (Wildman–Crippen LogP) is 0.470. The Morgan fingerprint density at radius 2 is 1.71 bits per heavy atom. The van der Waals surface area contributed by atoms with Crippen molar-refractivity contribution in [3.63, 3.8) is 0 Å². The van der Waals surface area contributed by atoms with Gasteiger partial charge in [-0.2, -0.15) is 0 Å². The molecule has 0 bridgehead atoms. The fraction of sp³-hybridized carbons (Fsp3) is 0.900. The van der Waals surface area contributed by atoms with Crippen LogP contribution in [0.4, 0.5) is 4.79 Å². The molecule has 0 N–H and O–H groups in total. The maximum atomic E-state index is 11.7. The minimum absolute atomic E-state index is 0. The first-order valence-corrected chi connectivity index (χ1v) is 7.58. The Balaban J connectivity index is 0. The van der Waals surface area contributed by atoms with Crippen molar-refractivity contribution in [1.29, 1.82) is 0 Å². The Morgan fingerprint density at radius 1 is 1.29 bits per heavy atom. The molecule has 4 heteroatoms. The van der Waals surface area contributed by atoms with Gasteiger partial charge in [-0.3, -0.25) is 0 Å². The third-order valence-corrected chi connectivity index (χ3v) is 6.18. The largest absolute Gasteiger partial charge is 1.00 e. The van der Waals surface area contributed by atoms with Gasteiger partial charge in [0, 0.05) is 0 Å². The van der Waals surface area contributed by atoms with Crippen LogP contribution in [0.5, 0.6) is 0 Å². The average Bonchev–Trinajstić information content (AvgIpc) is 2.12. The summed E-state index contributed by atoms with van der Waals surface area (Å²) < 4.78 is 5.26. The van der Waals surface area contributed by atoms with E-state index in [0.717, 1.165) is 12.3 Å². The first-order valence-electron chi connectivity index (χ1n) is 4.98. The van der Waals surface area contributed by atoms with E-state index in [1.54, 1.807) is 0 Å². The van der Waals surface area contributed by atoms with E-state index in [1.165, 1.54) is 0 Å². The molecular weight excluding hydrogens is 310 g/mol. The molecule has 0 heterocycles.